The van der Waals surface area contributed by atoms with Crippen LogP contribution >= 0.6 is 0 Å². The van der Waals surface area contributed by atoms with Crippen molar-refractivity contribution in [3.63, 3.8) is 0 Å². The van der Waals surface area contributed by atoms with E-state index in [1.54, 1.807) is 9.53 Å². The number of nitrogens with two attached hydrogens (primary N) is 1. The van der Waals surface area contributed by atoms with Crippen molar-refractivity contribution in [3.05, 3.63) is 18.0 Å². The highest BCUT2D eigenvalue weighted by Crippen LogP contribution is 2.12. The fraction of sp³-hybridized carbons (Fsp3) is 0.706. The molecular weight excluding hydrogens is 332 g/mol. The Morgan fingerprint density at radius 3 is 2.81 bits per heavy atom. The summed E-state index contributed by atoms with van der Waals surface area (Å²) in [6.07, 6.45) is 11.0. The SMILES string of the molecule is Cn1nc(N)nc1NCCCCCOn1cc(CN2CCCCC2)cn1. The smallest absolute Gasteiger partial charge is 0.241 e. The van der Waals surface area contributed by atoms with Crippen molar-refractivity contribution in [1.29, 1.82) is 0 Å². The number of aryl methyl sites for hydroxylation is 1. The Balaban J connectivity index is 1.25. The lowest BCUT2D eigenvalue weighted by Crippen LogP contribution is -2.28. The minimum atomic E-state index is 0.294. The highest BCUT2D eigenvalue weighted by atomic mass is 16.7. The number of anilines is 2. The zero-order chi connectivity index (χ0) is 18.2. The molecule has 2 aromatic rings. The van der Waals surface area contributed by atoms with Crippen LogP contribution in [-0.4, -0.2) is 55.8 Å². The third kappa shape index (κ3) is 5.62. The van der Waals surface area contributed by atoms with Gasteiger partial charge in [-0.25, -0.2) is 4.68 Å². The van der Waals surface area contributed by atoms with Crippen LogP contribution in [0.3, 0.4) is 0 Å². The second kappa shape index (κ2) is 9.42. The third-order valence-electron chi connectivity index (χ3n) is 4.58. The van der Waals surface area contributed by atoms with E-state index >= 15 is 0 Å². The molecular formula is C17H30N8O. The first-order valence-electron chi connectivity index (χ1n) is 9.50. The van der Waals surface area contributed by atoms with E-state index in [2.05, 4.69) is 25.4 Å². The van der Waals surface area contributed by atoms with Crippen molar-refractivity contribution in [2.24, 2.45) is 7.05 Å². The predicted octanol–water partition coefficient (Wildman–Crippen LogP) is 1.29. The van der Waals surface area contributed by atoms with Gasteiger partial charge in [0.15, 0.2) is 0 Å². The summed E-state index contributed by atoms with van der Waals surface area (Å²) >= 11 is 0. The molecule has 3 heterocycles. The van der Waals surface area contributed by atoms with Gasteiger partial charge in [-0.05, 0) is 45.2 Å². The zero-order valence-electron chi connectivity index (χ0n) is 15.6. The number of likely N-dealkylation sites (tertiary alicyclic amines) is 1. The lowest BCUT2D eigenvalue weighted by Gasteiger charge is -2.25. The Bertz CT molecular complexity index is 662. The molecule has 1 fully saturated rings. The predicted molar refractivity (Wildman–Crippen MR) is 101 cm³/mol. The van der Waals surface area contributed by atoms with Crippen molar-refractivity contribution in [3.8, 4) is 0 Å². The molecule has 0 bridgehead atoms. The number of nitrogens with one attached hydrogen (secondary N) is 1. The molecule has 0 radical (unpaired) electrons. The van der Waals surface area contributed by atoms with Crippen LogP contribution < -0.4 is 15.9 Å². The molecule has 1 aliphatic heterocycles. The quantitative estimate of drug-likeness (QED) is 0.614. The molecule has 0 aliphatic carbocycles. The minimum absolute atomic E-state index is 0.294. The summed E-state index contributed by atoms with van der Waals surface area (Å²) in [5.74, 6) is 0.999. The van der Waals surface area contributed by atoms with Crippen molar-refractivity contribution >= 4 is 11.9 Å². The van der Waals surface area contributed by atoms with E-state index in [0.29, 0.717) is 18.5 Å². The van der Waals surface area contributed by atoms with Crippen LogP contribution in [0.1, 0.15) is 44.1 Å². The van der Waals surface area contributed by atoms with E-state index < -0.39 is 0 Å². The highest BCUT2D eigenvalue weighted by Gasteiger charge is 2.11. The summed E-state index contributed by atoms with van der Waals surface area (Å²) < 4.78 is 1.65. The average Bonchev–Trinajstić information content (AvgIpc) is 3.20. The molecule has 0 saturated carbocycles. The molecule has 0 unspecified atom stereocenters. The normalized spacial score (nSPS) is 15.3. The highest BCUT2D eigenvalue weighted by molar-refractivity contribution is 5.31. The summed E-state index contributed by atoms with van der Waals surface area (Å²) in [6, 6.07) is 0. The van der Waals surface area contributed by atoms with Crippen LogP contribution in [0.25, 0.3) is 0 Å². The van der Waals surface area contributed by atoms with Crippen LogP contribution in [0.4, 0.5) is 11.9 Å². The Morgan fingerprint density at radius 2 is 2.04 bits per heavy atom. The Hall–Kier alpha value is -2.29. The summed E-state index contributed by atoms with van der Waals surface area (Å²) in [7, 11) is 1.82. The van der Waals surface area contributed by atoms with Crippen molar-refractivity contribution in [1.82, 2.24) is 29.6 Å². The first kappa shape index (κ1) is 18.5. The molecule has 1 saturated heterocycles. The molecule has 0 atom stereocenters. The van der Waals surface area contributed by atoms with Crippen LogP contribution in [0, 0.1) is 0 Å². The largest absolute Gasteiger partial charge is 0.397 e. The van der Waals surface area contributed by atoms with Gasteiger partial charge in [0.1, 0.15) is 6.61 Å². The summed E-state index contributed by atoms with van der Waals surface area (Å²) in [5, 5.41) is 11.5. The number of hydrogen-bond donors (Lipinski definition) is 2. The standard InChI is InChI=1S/C17H30N8O/c1-23-17(21-16(18)22-23)19-8-4-2-7-11-26-25-14-15(12-20-25)13-24-9-5-3-6-10-24/h12,14H,2-11,13H2,1H3,(H3,18,19,21,22). The maximum absolute atomic E-state index is 5.69. The molecule has 0 aromatic carbocycles. The Labute approximate surface area is 154 Å². The zero-order valence-corrected chi connectivity index (χ0v) is 15.6. The Morgan fingerprint density at radius 1 is 1.19 bits per heavy atom. The first-order chi connectivity index (χ1) is 12.7. The van der Waals surface area contributed by atoms with Gasteiger partial charge in [0.25, 0.3) is 0 Å². The topological polar surface area (TPSA) is 99.1 Å². The molecule has 0 amide bonds. The lowest BCUT2D eigenvalue weighted by molar-refractivity contribution is 0.0791. The lowest BCUT2D eigenvalue weighted by atomic mass is 10.1. The number of rotatable bonds is 10. The van der Waals surface area contributed by atoms with Gasteiger partial charge in [0.05, 0.1) is 12.4 Å². The summed E-state index contributed by atoms with van der Waals surface area (Å²) in [6.45, 7) is 4.87. The number of unbranched alkanes of at least 4 members (excludes halogenated alkanes) is 2. The molecule has 0 spiro atoms. The van der Waals surface area contributed by atoms with E-state index in [0.717, 1.165) is 32.4 Å². The van der Waals surface area contributed by atoms with Crippen molar-refractivity contribution < 1.29 is 4.84 Å². The molecule has 3 rings (SSSR count). The molecule has 3 N–H and O–H groups in total. The van der Waals surface area contributed by atoms with E-state index in [-0.39, 0.29) is 0 Å². The molecule has 2 aromatic heterocycles. The maximum atomic E-state index is 5.69. The number of hydrogen-bond acceptors (Lipinski definition) is 7. The van der Waals surface area contributed by atoms with Gasteiger partial charge >= 0.3 is 0 Å². The molecule has 144 valence electrons. The van der Waals surface area contributed by atoms with Crippen LogP contribution in [0.15, 0.2) is 12.4 Å². The summed E-state index contributed by atoms with van der Waals surface area (Å²) in [4.78, 5) is 13.9. The van der Waals surface area contributed by atoms with E-state index in [9.17, 15) is 0 Å². The average molecular weight is 362 g/mol. The minimum Gasteiger partial charge on any atom is -0.397 e. The molecule has 26 heavy (non-hydrogen) atoms. The van der Waals surface area contributed by atoms with E-state index in [1.165, 1.54) is 37.9 Å². The van der Waals surface area contributed by atoms with Gasteiger partial charge in [-0.1, -0.05) is 6.42 Å². The van der Waals surface area contributed by atoms with Crippen LogP contribution in [0.5, 0.6) is 0 Å². The number of piperidine rings is 1. The van der Waals surface area contributed by atoms with Gasteiger partial charge in [0, 0.05) is 25.7 Å². The number of nitrogen functional groups attached to an aromatic ring is 1. The van der Waals surface area contributed by atoms with Gasteiger partial charge in [-0.2, -0.15) is 4.98 Å². The second-order valence-corrected chi connectivity index (χ2v) is 6.83. The third-order valence-corrected chi connectivity index (χ3v) is 4.58. The second-order valence-electron chi connectivity index (χ2n) is 6.83. The summed E-state index contributed by atoms with van der Waals surface area (Å²) in [5.41, 5.74) is 6.77. The molecule has 1 aliphatic rings. The van der Waals surface area contributed by atoms with E-state index in [4.69, 9.17) is 10.6 Å². The van der Waals surface area contributed by atoms with Crippen LogP contribution in [-0.2, 0) is 13.6 Å². The van der Waals surface area contributed by atoms with Gasteiger partial charge in [-0.3, -0.25) is 4.90 Å². The molecule has 9 heteroatoms. The van der Waals surface area contributed by atoms with Gasteiger partial charge in [-0.15, -0.1) is 15.0 Å². The number of nitrogens with zero attached hydrogens (tertiary/aromatic N) is 6. The monoisotopic (exact) mass is 362 g/mol. The van der Waals surface area contributed by atoms with Crippen molar-refractivity contribution in [2.45, 2.75) is 45.1 Å². The van der Waals surface area contributed by atoms with Crippen LogP contribution in [0.2, 0.25) is 0 Å². The molecule has 9 nitrogen and oxygen atoms in total. The van der Waals surface area contributed by atoms with Gasteiger partial charge < -0.3 is 15.9 Å². The van der Waals surface area contributed by atoms with Crippen molar-refractivity contribution in [2.75, 3.05) is 37.3 Å². The maximum Gasteiger partial charge on any atom is 0.241 e. The fourth-order valence-electron chi connectivity index (χ4n) is 3.19. The first-order valence-corrected chi connectivity index (χ1v) is 9.50. The Kier molecular flexibility index (Phi) is 6.70. The van der Waals surface area contributed by atoms with E-state index in [1.807, 2.05) is 19.4 Å². The number of aromatic nitrogens is 5. The fourth-order valence-corrected chi connectivity index (χ4v) is 3.19. The van der Waals surface area contributed by atoms with Gasteiger partial charge in [0.2, 0.25) is 11.9 Å².